The second kappa shape index (κ2) is 37.2. The number of carboxylic acid groups (broad SMARTS) is 3. The molecule has 0 amide bonds. The van der Waals surface area contributed by atoms with E-state index in [9.17, 15) is 19.2 Å². The highest BCUT2D eigenvalue weighted by molar-refractivity contribution is 7.12. The Bertz CT molecular complexity index is 3920. The van der Waals surface area contributed by atoms with E-state index in [1.807, 2.05) is 12.3 Å². The first kappa shape index (κ1) is 71.0. The summed E-state index contributed by atoms with van der Waals surface area (Å²) in [6.45, 7) is 17.1. The van der Waals surface area contributed by atoms with Crippen molar-refractivity contribution in [2.45, 2.75) is 106 Å². The Kier molecular flexibility index (Phi) is 28.7. The van der Waals surface area contributed by atoms with Crippen molar-refractivity contribution in [3.05, 3.63) is 290 Å². The van der Waals surface area contributed by atoms with Crippen LogP contribution in [-0.4, -0.2) is 91.1 Å². The minimum Gasteiger partial charge on any atom is -0.478 e. The second-order valence-corrected chi connectivity index (χ2v) is 25.2. The maximum absolute atomic E-state index is 11.9. The van der Waals surface area contributed by atoms with E-state index in [2.05, 4.69) is 170 Å². The maximum Gasteiger partial charge on any atom is 0.336 e. The molecule has 0 spiro atoms. The zero-order valence-corrected chi connectivity index (χ0v) is 53.7. The van der Waals surface area contributed by atoms with Gasteiger partial charge in [-0.15, -0.1) is 44.2 Å². The van der Waals surface area contributed by atoms with Gasteiger partial charge < -0.3 is 20.2 Å². The van der Waals surface area contributed by atoms with Gasteiger partial charge in [0, 0.05) is 102 Å². The first-order valence-corrected chi connectivity index (χ1v) is 31.7. The summed E-state index contributed by atoms with van der Waals surface area (Å²) in [6.07, 6.45) is 24.7. The molecule has 0 bridgehead atoms. The molecule has 0 saturated heterocycles. The van der Waals surface area contributed by atoms with Crippen LogP contribution < -0.4 is 0 Å². The number of aromatic nitrogens is 9. The molecule has 11 aromatic rings. The first-order valence-electron chi connectivity index (χ1n) is 29.2. The van der Waals surface area contributed by atoms with E-state index in [-0.39, 0.29) is 19.8 Å². The Morgan fingerprint density at radius 1 is 0.424 bits per heavy atom. The third-order valence-electron chi connectivity index (χ3n) is 14.2. The Labute approximate surface area is 548 Å². The van der Waals surface area contributed by atoms with Crippen molar-refractivity contribution < 1.29 is 34.5 Å². The molecule has 0 saturated carbocycles. The average molecular weight is 1290 g/mol. The van der Waals surface area contributed by atoms with E-state index in [4.69, 9.17) is 21.9 Å². The van der Waals surface area contributed by atoms with Gasteiger partial charge in [0.1, 0.15) is 0 Å². The molecule has 0 unspecified atom stereocenters. The van der Waals surface area contributed by atoms with Gasteiger partial charge in [0.05, 0.1) is 16.7 Å². The van der Waals surface area contributed by atoms with Crippen LogP contribution in [0.15, 0.2) is 177 Å². The monoisotopic (exact) mass is 1290 g/mol. The summed E-state index contributed by atoms with van der Waals surface area (Å²) >= 11 is 5.26. The standard InChI is InChI=1S/C17H16N2O.C15H15N5.3C13H13NO2S.CH4/c1-13-3-5-14(6-4-13)7-8-15-11-19-10-9-16(15)17(20)12-18-2;1-11-2-4-12(5-3-11)6-7-13-10-16-9-8-14(13)15-17-19-20-18-15;3*1-9-2-4-11(17-9)5-3-10-8-14-7-6-12(10)13(15)16;/h3-6,9-11H,7-8,12H2,1H3;2-5,8-10H,6-7H2,1H3,(H,17,18,19,20);3*2,4,6-8H,3,5H2,1H3,(H,15,16);1H4. The van der Waals surface area contributed by atoms with Crippen LogP contribution in [0.4, 0.5) is 0 Å². The maximum atomic E-state index is 11.9. The molecule has 0 aliphatic heterocycles. The molecule has 11 rings (SSSR count). The molecule has 9 heterocycles. The SMILES string of the molecule is C.Cc1ccc(CCc2cnccc2-c2nn[nH]n2)cc1.Cc1ccc(CCc2cnccc2C(=O)O)s1.Cc1ccc(CCc2cnccc2C(=O)O)s1.Cc1ccc(CCc2cnccc2C(=O)O)s1.[C-]#[N+]CC(=O)c1ccncc1CCc1ccc(C)cc1. The van der Waals surface area contributed by atoms with Gasteiger partial charge in [-0.25, -0.2) is 21.0 Å². The Morgan fingerprint density at radius 3 is 1.10 bits per heavy atom. The number of H-pyrrole nitrogens is 1. The number of carbonyl (C=O) groups excluding carboxylic acids is 1. The van der Waals surface area contributed by atoms with E-state index in [0.29, 0.717) is 28.1 Å². The molecule has 17 nitrogen and oxygen atoms in total. The number of pyridine rings is 5. The van der Waals surface area contributed by atoms with Gasteiger partial charge in [0.15, 0.2) is 0 Å². The van der Waals surface area contributed by atoms with Gasteiger partial charge in [0.25, 0.3) is 6.54 Å². The highest BCUT2D eigenvalue weighted by Gasteiger charge is 2.16. The van der Waals surface area contributed by atoms with Gasteiger partial charge in [-0.05, 0) is 210 Å². The summed E-state index contributed by atoms with van der Waals surface area (Å²) in [7, 11) is 0. The number of aryl methyl sites for hydroxylation is 15. The van der Waals surface area contributed by atoms with Gasteiger partial charge in [-0.3, -0.25) is 29.7 Å². The summed E-state index contributed by atoms with van der Waals surface area (Å²) in [6, 6.07) is 37.8. The van der Waals surface area contributed by atoms with Crippen molar-refractivity contribution in [2.24, 2.45) is 0 Å². The zero-order chi connectivity index (χ0) is 64.9. The second-order valence-electron chi connectivity index (χ2n) is 21.1. The number of rotatable bonds is 21. The highest BCUT2D eigenvalue weighted by atomic mass is 32.1. The van der Waals surface area contributed by atoms with E-state index in [1.54, 1.807) is 95.5 Å². The number of carboxylic acids is 3. The molecule has 0 radical (unpaired) electrons. The fourth-order valence-electron chi connectivity index (χ4n) is 9.38. The van der Waals surface area contributed by atoms with Gasteiger partial charge >= 0.3 is 17.9 Å². The Hall–Kier alpha value is -10.1. The summed E-state index contributed by atoms with van der Waals surface area (Å²) in [5.74, 6) is -2.16. The number of nitrogens with one attached hydrogen (secondary N) is 1. The predicted molar refractivity (Wildman–Crippen MR) is 364 cm³/mol. The largest absolute Gasteiger partial charge is 0.478 e. The van der Waals surface area contributed by atoms with Crippen LogP contribution in [0.2, 0.25) is 0 Å². The number of hydrogen-bond donors (Lipinski definition) is 4. The number of nitrogens with zero attached hydrogens (tertiary/aromatic N) is 9. The zero-order valence-electron chi connectivity index (χ0n) is 51.2. The van der Waals surface area contributed by atoms with Crippen LogP contribution >= 0.6 is 34.0 Å². The van der Waals surface area contributed by atoms with Crippen LogP contribution in [0, 0.1) is 41.2 Å². The molecule has 472 valence electrons. The molecular formula is C72H74N10O7S3. The van der Waals surface area contributed by atoms with E-state index in [0.717, 1.165) is 97.6 Å². The van der Waals surface area contributed by atoms with E-state index >= 15 is 0 Å². The first-order chi connectivity index (χ1) is 44.0. The fourth-order valence-corrected chi connectivity index (χ4v) is 12.0. The molecule has 0 fully saturated rings. The quantitative estimate of drug-likeness (QED) is 0.0385. The smallest absolute Gasteiger partial charge is 0.336 e. The molecule has 9 aromatic heterocycles. The van der Waals surface area contributed by atoms with Crippen molar-refractivity contribution in [3.8, 4) is 11.4 Å². The van der Waals surface area contributed by atoms with Crippen LogP contribution in [0.3, 0.4) is 0 Å². The Balaban J connectivity index is 0.000000183. The van der Waals surface area contributed by atoms with Gasteiger partial charge in [-0.2, -0.15) is 5.21 Å². The number of carbonyl (C=O) groups is 4. The van der Waals surface area contributed by atoms with Crippen molar-refractivity contribution >= 4 is 57.7 Å². The average Bonchev–Trinajstić information content (AvgIpc) is 2.56. The van der Waals surface area contributed by atoms with E-state index in [1.165, 1.54) is 70.1 Å². The lowest BCUT2D eigenvalue weighted by Gasteiger charge is -2.06. The molecule has 0 atom stereocenters. The molecule has 92 heavy (non-hydrogen) atoms. The minimum atomic E-state index is -0.884. The van der Waals surface area contributed by atoms with Gasteiger partial charge in [-0.1, -0.05) is 67.1 Å². The molecular weight excluding hydrogens is 1210 g/mol. The third kappa shape index (κ3) is 23.1. The van der Waals surface area contributed by atoms with Crippen molar-refractivity contribution in [3.63, 3.8) is 0 Å². The number of aromatic carboxylic acids is 3. The summed E-state index contributed by atoms with van der Waals surface area (Å²) < 4.78 is 0. The van der Waals surface area contributed by atoms with Crippen LogP contribution in [0.25, 0.3) is 16.2 Å². The van der Waals surface area contributed by atoms with Crippen LogP contribution in [0.1, 0.15) is 128 Å². The summed E-state index contributed by atoms with van der Waals surface area (Å²) in [5, 5.41) is 41.3. The van der Waals surface area contributed by atoms with Crippen molar-refractivity contribution in [2.75, 3.05) is 6.54 Å². The highest BCUT2D eigenvalue weighted by Crippen LogP contribution is 2.23. The van der Waals surface area contributed by atoms with Crippen LogP contribution in [-0.2, 0) is 64.2 Å². The lowest BCUT2D eigenvalue weighted by atomic mass is 9.99. The molecule has 0 aliphatic rings. The minimum absolute atomic E-state index is 0. The molecule has 2 aromatic carbocycles. The number of ketones is 1. The van der Waals surface area contributed by atoms with Crippen molar-refractivity contribution in [1.29, 1.82) is 0 Å². The summed E-state index contributed by atoms with van der Waals surface area (Å²) in [4.78, 5) is 76.0. The third-order valence-corrected chi connectivity index (χ3v) is 17.4. The fraction of sp³-hybridized carbons (Fsp3) is 0.236. The number of tetrazole rings is 1. The number of benzene rings is 2. The van der Waals surface area contributed by atoms with E-state index < -0.39 is 17.9 Å². The topological polar surface area (TPSA) is 252 Å². The number of thiophene rings is 3. The molecule has 0 aliphatic carbocycles. The normalized spacial score (nSPS) is 10.3. The predicted octanol–water partition coefficient (Wildman–Crippen LogP) is 15.1. The van der Waals surface area contributed by atoms with Crippen LogP contribution in [0.5, 0.6) is 0 Å². The molecule has 4 N–H and O–H groups in total. The lowest BCUT2D eigenvalue weighted by molar-refractivity contribution is 0.0684. The number of aromatic amines is 1. The number of hydrogen-bond acceptors (Lipinski definition) is 15. The van der Waals surface area contributed by atoms with Gasteiger partial charge in [0.2, 0.25) is 11.6 Å². The van der Waals surface area contributed by atoms with Crippen molar-refractivity contribution in [1.82, 2.24) is 45.5 Å². The number of Topliss-reactive ketones (excluding diaryl/α,β-unsaturated/α-hetero) is 1. The lowest BCUT2D eigenvalue weighted by Crippen LogP contribution is -2.07. The summed E-state index contributed by atoms with van der Waals surface area (Å²) in [5.41, 5.74) is 12.2. The molecule has 20 heteroatoms. The Morgan fingerprint density at radius 2 is 0.761 bits per heavy atom.